The fourth-order valence-electron chi connectivity index (χ4n) is 9.03. The molecule has 11 rings (SSSR count). The number of aromatic hydroxyl groups is 1. The summed E-state index contributed by atoms with van der Waals surface area (Å²) in [4.78, 5) is 134. The van der Waals surface area contributed by atoms with E-state index in [9.17, 15) is 53.1 Å². The molecule has 0 saturated carbocycles. The standard InChI is InChI=1S/C72H46O21/c73-52-36-46(67(78)92-61-38-48(69(80)88-57-25-17-53(18-26-57)84-63(74)42-9-1-2-10-42)34-49(39-61)70(81)89-58-27-19-54(20-28-58)85-64(75)43-11-3-4-12-43)33-47(37-52)68(79)93-62-40-50(71(82)90-59-29-21-55(22-30-59)86-65(76)44-13-5-6-14-44)35-51(41-62)72(83)91-60-31-23-56(24-32-60)87-66(77)45-15-7-8-16-45/h1-45,73H. The summed E-state index contributed by atoms with van der Waals surface area (Å²) in [6.07, 6.45) is 26.9. The van der Waals surface area contributed by atoms with Crippen molar-refractivity contribution < 1.29 is 100 Å². The summed E-state index contributed by atoms with van der Waals surface area (Å²) in [5.41, 5.74) is -2.30. The minimum absolute atomic E-state index is 0.0216. The quantitative estimate of drug-likeness (QED) is 0.0548. The number of hydrogen-bond donors (Lipinski definition) is 1. The zero-order valence-electron chi connectivity index (χ0n) is 48.1. The Morgan fingerprint density at radius 3 is 0.570 bits per heavy atom. The largest absolute Gasteiger partial charge is 0.508 e. The SMILES string of the molecule is O=C(Oc1cc(C(=O)Oc2ccc(OC(=O)C3C=CC=C3)cc2)cc(C(=O)Oc2ccc(OC(=O)C3C=CC=C3)cc2)c1)c1cc(O)cc(C(=O)Oc2cc(C(=O)Oc3ccc(OC(=O)C4C=CC=C4)cc3)cc(C(=O)Oc3ccc(OC(=O)C4C=CC=C4)cc3)c2)c1. The van der Waals surface area contributed by atoms with E-state index >= 15 is 0 Å². The third-order valence-electron chi connectivity index (χ3n) is 13.7. The van der Waals surface area contributed by atoms with Gasteiger partial charge in [0, 0.05) is 0 Å². The number of rotatable bonds is 20. The van der Waals surface area contributed by atoms with Gasteiger partial charge >= 0.3 is 59.7 Å². The van der Waals surface area contributed by atoms with Gasteiger partial charge in [-0.05, 0) is 152 Å². The van der Waals surface area contributed by atoms with Gasteiger partial charge in [-0.25, -0.2) is 28.8 Å². The van der Waals surface area contributed by atoms with Crippen LogP contribution < -0.4 is 47.4 Å². The van der Waals surface area contributed by atoms with Crippen LogP contribution in [0.3, 0.4) is 0 Å². The van der Waals surface area contributed by atoms with Crippen molar-refractivity contribution in [1.29, 1.82) is 0 Å². The smallest absolute Gasteiger partial charge is 0.343 e. The summed E-state index contributed by atoms with van der Waals surface area (Å²) in [5.74, 6) is -12.2. The van der Waals surface area contributed by atoms with E-state index in [1.807, 2.05) is 0 Å². The maximum Gasteiger partial charge on any atom is 0.343 e. The van der Waals surface area contributed by atoms with Gasteiger partial charge in [0.15, 0.2) is 0 Å². The predicted molar refractivity (Wildman–Crippen MR) is 326 cm³/mol. The Morgan fingerprint density at radius 1 is 0.215 bits per heavy atom. The first-order valence-electron chi connectivity index (χ1n) is 28.2. The fourth-order valence-corrected chi connectivity index (χ4v) is 9.03. The van der Waals surface area contributed by atoms with E-state index in [1.54, 1.807) is 97.2 Å². The van der Waals surface area contributed by atoms with E-state index in [0.29, 0.717) is 0 Å². The number of ether oxygens (including phenoxy) is 10. The molecule has 1 N–H and O–H groups in total. The Labute approximate surface area is 527 Å². The zero-order valence-corrected chi connectivity index (χ0v) is 48.1. The molecule has 7 aromatic carbocycles. The number of hydrogen-bond acceptors (Lipinski definition) is 21. The average Bonchev–Trinajstić information content (AvgIpc) is 1.23. The van der Waals surface area contributed by atoms with Crippen LogP contribution in [-0.4, -0.2) is 64.8 Å². The first kappa shape index (κ1) is 61.6. The fraction of sp³-hybridized carbons (Fsp3) is 0.0556. The summed E-state index contributed by atoms with van der Waals surface area (Å²) in [6, 6.07) is 31.2. The summed E-state index contributed by atoms with van der Waals surface area (Å²) < 4.78 is 55.3. The molecule has 4 aliphatic rings. The lowest BCUT2D eigenvalue weighted by Crippen LogP contribution is -2.17. The van der Waals surface area contributed by atoms with Gasteiger partial charge in [-0.1, -0.05) is 97.2 Å². The van der Waals surface area contributed by atoms with Gasteiger partial charge < -0.3 is 52.5 Å². The van der Waals surface area contributed by atoms with Gasteiger partial charge in [-0.2, -0.15) is 0 Å². The average molecular weight is 1250 g/mol. The monoisotopic (exact) mass is 1250 g/mol. The highest BCUT2D eigenvalue weighted by Crippen LogP contribution is 2.30. The van der Waals surface area contributed by atoms with Gasteiger partial charge in [-0.15, -0.1) is 0 Å². The van der Waals surface area contributed by atoms with E-state index < -0.39 is 112 Å². The topological polar surface area (TPSA) is 283 Å². The van der Waals surface area contributed by atoms with Crippen molar-refractivity contribution in [2.45, 2.75) is 0 Å². The van der Waals surface area contributed by atoms with Crippen LogP contribution >= 0.6 is 0 Å². The number of carbonyl (C=O) groups excluding carboxylic acids is 10. The molecule has 0 spiro atoms. The summed E-state index contributed by atoms with van der Waals surface area (Å²) >= 11 is 0. The lowest BCUT2D eigenvalue weighted by atomic mass is 10.1. The summed E-state index contributed by atoms with van der Waals surface area (Å²) in [6.45, 7) is 0. The molecule has 0 aliphatic heterocycles. The third kappa shape index (κ3) is 16.0. The number of esters is 10. The van der Waals surface area contributed by atoms with Crippen LogP contribution in [0.2, 0.25) is 0 Å². The molecule has 0 unspecified atom stereocenters. The molecule has 0 fully saturated rings. The molecule has 0 amide bonds. The van der Waals surface area contributed by atoms with E-state index in [2.05, 4.69) is 0 Å². The summed E-state index contributed by atoms with van der Waals surface area (Å²) in [5, 5.41) is 10.9. The van der Waals surface area contributed by atoms with Crippen LogP contribution in [0.5, 0.6) is 63.2 Å². The zero-order chi connectivity index (χ0) is 65.0. The second-order valence-corrected chi connectivity index (χ2v) is 20.4. The van der Waals surface area contributed by atoms with Gasteiger partial charge in [0.2, 0.25) is 0 Å². The number of allylic oxidation sites excluding steroid dienone is 8. The van der Waals surface area contributed by atoms with Crippen molar-refractivity contribution in [3.05, 3.63) is 282 Å². The molecular formula is C72H46O21. The van der Waals surface area contributed by atoms with E-state index in [-0.39, 0.29) is 68.2 Å². The molecule has 21 heteroatoms. The number of carbonyl (C=O) groups is 10. The molecule has 21 nitrogen and oxygen atoms in total. The van der Waals surface area contributed by atoms with Crippen molar-refractivity contribution in [2.75, 3.05) is 0 Å². The predicted octanol–water partition coefficient (Wildman–Crippen LogP) is 11.3. The second-order valence-electron chi connectivity index (χ2n) is 20.4. The van der Waals surface area contributed by atoms with Crippen LogP contribution in [0.1, 0.15) is 62.1 Å². The molecule has 0 bridgehead atoms. The molecule has 0 radical (unpaired) electrons. The first-order chi connectivity index (χ1) is 45.0. The maximum absolute atomic E-state index is 14.0. The number of phenols is 1. The van der Waals surface area contributed by atoms with Crippen LogP contribution in [0.15, 0.2) is 249 Å². The van der Waals surface area contributed by atoms with Gasteiger partial charge in [-0.3, -0.25) is 19.2 Å². The molecule has 460 valence electrons. The Hall–Kier alpha value is -13.0. The second kappa shape index (κ2) is 28.0. The van der Waals surface area contributed by atoms with Crippen LogP contribution in [-0.2, 0) is 19.2 Å². The first-order valence-corrected chi connectivity index (χ1v) is 28.2. The Kier molecular flexibility index (Phi) is 18.5. The molecule has 4 aliphatic carbocycles. The third-order valence-corrected chi connectivity index (χ3v) is 13.7. The molecule has 0 atom stereocenters. The van der Waals surface area contributed by atoms with Gasteiger partial charge in [0.05, 0.1) is 57.1 Å². The lowest BCUT2D eigenvalue weighted by Gasteiger charge is -2.13. The molecular weight excluding hydrogens is 1200 g/mol. The van der Waals surface area contributed by atoms with Crippen molar-refractivity contribution in [3.63, 3.8) is 0 Å². The van der Waals surface area contributed by atoms with E-state index in [1.165, 1.54) is 97.1 Å². The summed E-state index contributed by atoms with van der Waals surface area (Å²) in [7, 11) is 0. The van der Waals surface area contributed by atoms with Crippen molar-refractivity contribution in [1.82, 2.24) is 0 Å². The Bertz CT molecular complexity index is 3860. The molecule has 0 heterocycles. The van der Waals surface area contributed by atoms with Crippen molar-refractivity contribution in [2.24, 2.45) is 23.7 Å². The van der Waals surface area contributed by atoms with Crippen molar-refractivity contribution >= 4 is 59.7 Å². The molecule has 0 aromatic heterocycles. The van der Waals surface area contributed by atoms with E-state index in [4.69, 9.17) is 47.4 Å². The Morgan fingerprint density at radius 2 is 0.376 bits per heavy atom. The minimum Gasteiger partial charge on any atom is -0.508 e. The van der Waals surface area contributed by atoms with Crippen LogP contribution in [0, 0.1) is 23.7 Å². The molecule has 0 saturated heterocycles. The lowest BCUT2D eigenvalue weighted by molar-refractivity contribution is -0.136. The number of benzene rings is 7. The highest BCUT2D eigenvalue weighted by Gasteiger charge is 2.26. The van der Waals surface area contributed by atoms with E-state index in [0.717, 1.165) is 54.6 Å². The minimum atomic E-state index is -1.24. The highest BCUT2D eigenvalue weighted by molar-refractivity contribution is 6.01. The van der Waals surface area contributed by atoms with Crippen LogP contribution in [0.25, 0.3) is 0 Å². The van der Waals surface area contributed by atoms with Crippen molar-refractivity contribution in [3.8, 4) is 63.2 Å². The normalized spacial score (nSPS) is 13.5. The highest BCUT2D eigenvalue weighted by atomic mass is 16.6. The molecule has 93 heavy (non-hydrogen) atoms. The van der Waals surface area contributed by atoms with Crippen LogP contribution in [0.4, 0.5) is 0 Å². The van der Waals surface area contributed by atoms with Gasteiger partial charge in [0.25, 0.3) is 0 Å². The maximum atomic E-state index is 14.0. The molecule has 7 aromatic rings. The Balaban J connectivity index is 0.817. The van der Waals surface area contributed by atoms with Gasteiger partial charge in [0.1, 0.15) is 63.2 Å². The number of phenolic OH excluding ortho intramolecular Hbond substituents is 1.